The Morgan fingerprint density at radius 3 is 2.69 bits per heavy atom. The molecule has 0 bridgehead atoms. The number of hydrogen-bond acceptors (Lipinski definition) is 6. The van der Waals surface area contributed by atoms with Gasteiger partial charge in [-0.15, -0.1) is 0 Å². The summed E-state index contributed by atoms with van der Waals surface area (Å²) in [7, 11) is -1.78. The molecule has 0 unspecified atom stereocenters. The number of ether oxygens (including phenoxy) is 1. The molecule has 3 rings (SSSR count). The van der Waals surface area contributed by atoms with Crippen molar-refractivity contribution in [2.45, 2.75) is 19.1 Å². The number of aliphatic hydroxyl groups excluding tert-OH is 1. The Morgan fingerprint density at radius 2 is 2.08 bits per heavy atom. The van der Waals surface area contributed by atoms with Gasteiger partial charge >= 0.3 is 0 Å². The smallest absolute Gasteiger partial charge is 0.251 e. The number of carbonyl (C=O) groups excluding carboxylic acids is 1. The molecule has 1 aromatic carbocycles. The van der Waals surface area contributed by atoms with Crippen LogP contribution in [0.1, 0.15) is 15.9 Å². The minimum atomic E-state index is -3.32. The van der Waals surface area contributed by atoms with Crippen molar-refractivity contribution in [3.05, 3.63) is 47.7 Å². The molecule has 2 N–H and O–H groups in total. The molecule has 1 aliphatic heterocycles. The van der Waals surface area contributed by atoms with Gasteiger partial charge in [0, 0.05) is 23.4 Å². The van der Waals surface area contributed by atoms with Crippen LogP contribution in [0.5, 0.6) is 5.88 Å². The molecule has 1 aromatic heterocycles. The zero-order chi connectivity index (χ0) is 18.9. The molecule has 0 saturated carbocycles. The number of amides is 1. The second-order valence-corrected chi connectivity index (χ2v) is 8.50. The van der Waals surface area contributed by atoms with Crippen LogP contribution in [-0.4, -0.2) is 55.2 Å². The molecule has 0 radical (unpaired) electrons. The van der Waals surface area contributed by atoms with E-state index in [0.717, 1.165) is 16.7 Å². The second kappa shape index (κ2) is 7.05. The number of pyridine rings is 1. The van der Waals surface area contributed by atoms with Gasteiger partial charge in [-0.2, -0.15) is 0 Å². The van der Waals surface area contributed by atoms with Gasteiger partial charge in [0.15, 0.2) is 9.84 Å². The number of carbonyl (C=O) groups is 1. The number of rotatable bonds is 4. The average molecular weight is 376 g/mol. The molecule has 2 aromatic rings. The molecular formula is C18H20N2O5S. The monoisotopic (exact) mass is 376 g/mol. The van der Waals surface area contributed by atoms with Gasteiger partial charge in [0.25, 0.3) is 5.91 Å². The molecule has 26 heavy (non-hydrogen) atoms. The maximum Gasteiger partial charge on any atom is 0.251 e. The number of sulfone groups is 1. The number of methoxy groups -OCH3 is 1. The van der Waals surface area contributed by atoms with E-state index in [1.165, 1.54) is 0 Å². The van der Waals surface area contributed by atoms with Crippen LogP contribution in [-0.2, 0) is 9.84 Å². The lowest BCUT2D eigenvalue weighted by Gasteiger charge is -2.15. The summed E-state index contributed by atoms with van der Waals surface area (Å²) >= 11 is 0. The number of aliphatic hydroxyl groups is 1. The number of nitrogens with one attached hydrogen (secondary N) is 1. The van der Waals surface area contributed by atoms with Crippen molar-refractivity contribution in [3.63, 3.8) is 0 Å². The normalized spacial score (nSPS) is 21.3. The molecular weight excluding hydrogens is 356 g/mol. The van der Waals surface area contributed by atoms with Gasteiger partial charge in [-0.25, -0.2) is 13.4 Å². The van der Waals surface area contributed by atoms with Crippen LogP contribution in [0.4, 0.5) is 0 Å². The van der Waals surface area contributed by atoms with Crippen molar-refractivity contribution < 1.29 is 23.1 Å². The third-order valence-electron chi connectivity index (χ3n) is 4.37. The van der Waals surface area contributed by atoms with E-state index in [0.29, 0.717) is 11.4 Å². The fourth-order valence-electron chi connectivity index (χ4n) is 2.99. The molecule has 1 aliphatic rings. The van der Waals surface area contributed by atoms with E-state index in [4.69, 9.17) is 4.74 Å². The Labute approximate surface area is 152 Å². The maximum atomic E-state index is 12.5. The van der Waals surface area contributed by atoms with Crippen LogP contribution in [0.3, 0.4) is 0 Å². The van der Waals surface area contributed by atoms with Crippen molar-refractivity contribution in [2.75, 3.05) is 18.6 Å². The molecule has 1 saturated heterocycles. The van der Waals surface area contributed by atoms with Crippen molar-refractivity contribution in [2.24, 2.45) is 0 Å². The van der Waals surface area contributed by atoms with Crippen LogP contribution in [0.2, 0.25) is 0 Å². The number of hydrogen-bond donors (Lipinski definition) is 2. The number of aromatic nitrogens is 1. The van der Waals surface area contributed by atoms with Crippen LogP contribution in [0.15, 0.2) is 36.5 Å². The second-order valence-electron chi connectivity index (χ2n) is 6.35. The largest absolute Gasteiger partial charge is 0.481 e. The van der Waals surface area contributed by atoms with Crippen LogP contribution in [0.25, 0.3) is 11.1 Å². The average Bonchev–Trinajstić information content (AvgIpc) is 2.86. The Bertz CT molecular complexity index is 942. The van der Waals surface area contributed by atoms with E-state index in [-0.39, 0.29) is 11.5 Å². The fraction of sp³-hybridized carbons (Fsp3) is 0.333. The molecule has 2 heterocycles. The van der Waals surface area contributed by atoms with Gasteiger partial charge in [-0.3, -0.25) is 4.79 Å². The van der Waals surface area contributed by atoms with Crippen molar-refractivity contribution in [3.8, 4) is 17.0 Å². The lowest BCUT2D eigenvalue weighted by Crippen LogP contribution is -2.42. The Hall–Kier alpha value is -2.45. The predicted molar refractivity (Wildman–Crippen MR) is 96.9 cm³/mol. The quantitative estimate of drug-likeness (QED) is 0.823. The van der Waals surface area contributed by atoms with Gasteiger partial charge in [0.2, 0.25) is 5.88 Å². The van der Waals surface area contributed by atoms with E-state index >= 15 is 0 Å². The first-order valence-electron chi connectivity index (χ1n) is 8.09. The third-order valence-corrected chi connectivity index (χ3v) is 6.09. The number of nitrogens with zero attached hydrogens (tertiary/aromatic N) is 1. The van der Waals surface area contributed by atoms with Crippen molar-refractivity contribution >= 4 is 15.7 Å². The molecule has 138 valence electrons. The third kappa shape index (κ3) is 3.86. The molecule has 1 fully saturated rings. The summed E-state index contributed by atoms with van der Waals surface area (Å²) in [6.45, 7) is 1.92. The summed E-state index contributed by atoms with van der Waals surface area (Å²) in [5, 5.41) is 12.4. The minimum Gasteiger partial charge on any atom is -0.481 e. The molecule has 2 atom stereocenters. The Kier molecular flexibility index (Phi) is 4.97. The highest BCUT2D eigenvalue weighted by molar-refractivity contribution is 7.91. The Balaban J connectivity index is 1.82. The first-order chi connectivity index (χ1) is 12.3. The van der Waals surface area contributed by atoms with Gasteiger partial charge < -0.3 is 15.2 Å². The Morgan fingerprint density at radius 1 is 1.31 bits per heavy atom. The maximum absolute atomic E-state index is 12.5. The summed E-state index contributed by atoms with van der Waals surface area (Å²) < 4.78 is 28.2. The van der Waals surface area contributed by atoms with E-state index in [1.807, 2.05) is 19.1 Å². The predicted octanol–water partition coefficient (Wildman–Crippen LogP) is 0.953. The summed E-state index contributed by atoms with van der Waals surface area (Å²) in [6.07, 6.45) is 0.596. The minimum absolute atomic E-state index is 0.249. The van der Waals surface area contributed by atoms with Gasteiger partial charge in [-0.1, -0.05) is 12.1 Å². The molecule has 0 spiro atoms. The fourth-order valence-corrected chi connectivity index (χ4v) is 4.73. The van der Waals surface area contributed by atoms with Crippen LogP contribution < -0.4 is 10.1 Å². The van der Waals surface area contributed by atoms with E-state index in [9.17, 15) is 18.3 Å². The summed E-state index contributed by atoms with van der Waals surface area (Å²) in [5.41, 5.74) is 3.01. The van der Waals surface area contributed by atoms with E-state index in [1.54, 1.807) is 31.5 Å². The molecule has 7 nitrogen and oxygen atoms in total. The lowest BCUT2D eigenvalue weighted by molar-refractivity contribution is 0.0889. The number of aryl methyl sites for hydroxylation is 1. The highest BCUT2D eigenvalue weighted by atomic mass is 32.2. The standard InChI is InChI=1S/C18H20N2O5S/c1-11-6-17(25-2)19-8-14(11)12-4-3-5-13(7-12)18(22)20-15-9-26(23,24)10-16(15)21/h3-8,15-16,21H,9-10H2,1-2H3,(H,20,22)/t15-,16-/m0/s1. The molecule has 1 amide bonds. The molecule has 8 heteroatoms. The highest BCUT2D eigenvalue weighted by Crippen LogP contribution is 2.26. The zero-order valence-corrected chi connectivity index (χ0v) is 15.3. The van der Waals surface area contributed by atoms with Gasteiger partial charge in [0.1, 0.15) is 0 Å². The first-order valence-corrected chi connectivity index (χ1v) is 9.91. The SMILES string of the molecule is COc1cc(C)c(-c2cccc(C(=O)N[C@H]3CS(=O)(=O)C[C@@H]3O)c2)cn1. The summed E-state index contributed by atoms with van der Waals surface area (Å²) in [5.74, 6) is -0.487. The summed E-state index contributed by atoms with van der Waals surface area (Å²) in [4.78, 5) is 16.7. The van der Waals surface area contributed by atoms with Gasteiger partial charge in [-0.05, 0) is 30.2 Å². The highest BCUT2D eigenvalue weighted by Gasteiger charge is 2.37. The first kappa shape index (κ1) is 18.3. The lowest BCUT2D eigenvalue weighted by atomic mass is 10.0. The molecule has 0 aliphatic carbocycles. The van der Waals surface area contributed by atoms with E-state index in [2.05, 4.69) is 10.3 Å². The van der Waals surface area contributed by atoms with Gasteiger partial charge in [0.05, 0.1) is 30.8 Å². The van der Waals surface area contributed by atoms with E-state index < -0.39 is 27.9 Å². The number of benzene rings is 1. The summed E-state index contributed by atoms with van der Waals surface area (Å²) in [6, 6.07) is 7.98. The van der Waals surface area contributed by atoms with Crippen molar-refractivity contribution in [1.82, 2.24) is 10.3 Å². The topological polar surface area (TPSA) is 106 Å². The van der Waals surface area contributed by atoms with Crippen LogP contribution in [0, 0.1) is 6.92 Å². The zero-order valence-electron chi connectivity index (χ0n) is 14.5. The van der Waals surface area contributed by atoms with Crippen LogP contribution >= 0.6 is 0 Å². The van der Waals surface area contributed by atoms with Crippen molar-refractivity contribution in [1.29, 1.82) is 0 Å².